The predicted octanol–water partition coefficient (Wildman–Crippen LogP) is 3.69. The van der Waals surface area contributed by atoms with Crippen molar-refractivity contribution in [3.8, 4) is 0 Å². The standard InChI is InChI=1S/C14H14O/c1-14(2)13(15-14)12-9-5-7-10-6-3-4-8-11(10)12/h3-9,13H,1-2H3. The van der Waals surface area contributed by atoms with Gasteiger partial charge < -0.3 is 4.74 Å². The van der Waals surface area contributed by atoms with Gasteiger partial charge in [-0.1, -0.05) is 42.5 Å². The van der Waals surface area contributed by atoms with Gasteiger partial charge in [-0.15, -0.1) is 0 Å². The average Bonchev–Trinajstić information content (AvgIpc) is 2.87. The molecule has 0 N–H and O–H groups in total. The number of hydrogen-bond acceptors (Lipinski definition) is 1. The Balaban J connectivity index is 2.19. The summed E-state index contributed by atoms with van der Waals surface area (Å²) in [5.74, 6) is 0. The molecule has 1 atom stereocenters. The molecule has 2 aromatic rings. The molecule has 1 heterocycles. The first-order chi connectivity index (χ1) is 7.18. The van der Waals surface area contributed by atoms with E-state index in [0.29, 0.717) is 0 Å². The van der Waals surface area contributed by atoms with E-state index in [-0.39, 0.29) is 11.7 Å². The normalized spacial score (nSPS) is 22.9. The summed E-state index contributed by atoms with van der Waals surface area (Å²) in [6, 6.07) is 14.9. The summed E-state index contributed by atoms with van der Waals surface area (Å²) in [6.07, 6.45) is 0.267. The maximum absolute atomic E-state index is 5.70. The van der Waals surface area contributed by atoms with Crippen LogP contribution >= 0.6 is 0 Å². The zero-order valence-corrected chi connectivity index (χ0v) is 9.03. The predicted molar refractivity (Wildman–Crippen MR) is 61.9 cm³/mol. The van der Waals surface area contributed by atoms with Crippen molar-refractivity contribution in [2.75, 3.05) is 0 Å². The third-order valence-corrected chi connectivity index (χ3v) is 3.10. The molecule has 0 spiro atoms. The molecule has 1 saturated heterocycles. The van der Waals surface area contributed by atoms with E-state index in [1.807, 2.05) is 0 Å². The molecular formula is C14H14O. The first-order valence-electron chi connectivity index (χ1n) is 5.34. The van der Waals surface area contributed by atoms with Crippen LogP contribution in [0.2, 0.25) is 0 Å². The van der Waals surface area contributed by atoms with Crippen molar-refractivity contribution in [1.29, 1.82) is 0 Å². The van der Waals surface area contributed by atoms with E-state index in [0.717, 1.165) is 0 Å². The van der Waals surface area contributed by atoms with Crippen LogP contribution < -0.4 is 0 Å². The van der Waals surface area contributed by atoms with E-state index in [4.69, 9.17) is 4.74 Å². The molecule has 1 unspecified atom stereocenters. The largest absolute Gasteiger partial charge is 0.362 e. The maximum atomic E-state index is 5.70. The Labute approximate surface area is 89.7 Å². The van der Waals surface area contributed by atoms with Gasteiger partial charge in [0.25, 0.3) is 0 Å². The van der Waals surface area contributed by atoms with Crippen LogP contribution in [-0.4, -0.2) is 5.60 Å². The lowest BCUT2D eigenvalue weighted by atomic mass is 9.97. The van der Waals surface area contributed by atoms with Gasteiger partial charge in [0.05, 0.1) is 5.60 Å². The Hall–Kier alpha value is -1.34. The van der Waals surface area contributed by atoms with Crippen molar-refractivity contribution in [1.82, 2.24) is 0 Å². The molecule has 2 aromatic carbocycles. The van der Waals surface area contributed by atoms with Crippen LogP contribution in [0.1, 0.15) is 25.5 Å². The number of fused-ring (bicyclic) bond motifs is 1. The molecule has 0 aromatic heterocycles. The molecule has 1 aliphatic rings. The molecular weight excluding hydrogens is 184 g/mol. The highest BCUT2D eigenvalue weighted by molar-refractivity contribution is 5.86. The molecule has 76 valence electrons. The highest BCUT2D eigenvalue weighted by Gasteiger charge is 2.49. The first kappa shape index (κ1) is 8.93. The van der Waals surface area contributed by atoms with Crippen LogP contribution in [0.3, 0.4) is 0 Å². The van der Waals surface area contributed by atoms with Crippen molar-refractivity contribution in [2.45, 2.75) is 25.6 Å². The smallest absolute Gasteiger partial charge is 0.112 e. The topological polar surface area (TPSA) is 12.5 Å². The van der Waals surface area contributed by atoms with Crippen LogP contribution in [0.5, 0.6) is 0 Å². The molecule has 0 aliphatic carbocycles. The van der Waals surface area contributed by atoms with Gasteiger partial charge in [-0.2, -0.15) is 0 Å². The Morgan fingerprint density at radius 2 is 1.67 bits per heavy atom. The van der Waals surface area contributed by atoms with Gasteiger partial charge >= 0.3 is 0 Å². The quantitative estimate of drug-likeness (QED) is 0.637. The van der Waals surface area contributed by atoms with E-state index in [1.54, 1.807) is 0 Å². The zero-order chi connectivity index (χ0) is 10.5. The number of ether oxygens (including phenoxy) is 1. The Morgan fingerprint density at radius 1 is 1.00 bits per heavy atom. The number of epoxide rings is 1. The second-order valence-electron chi connectivity index (χ2n) is 4.67. The van der Waals surface area contributed by atoms with Crippen LogP contribution in [-0.2, 0) is 4.74 Å². The minimum absolute atomic E-state index is 0.0180. The lowest BCUT2D eigenvalue weighted by Crippen LogP contribution is -1.97. The lowest BCUT2D eigenvalue weighted by molar-refractivity contribution is 0.326. The van der Waals surface area contributed by atoms with Crippen molar-refractivity contribution >= 4 is 10.8 Å². The van der Waals surface area contributed by atoms with Gasteiger partial charge in [-0.3, -0.25) is 0 Å². The number of hydrogen-bond donors (Lipinski definition) is 0. The van der Waals surface area contributed by atoms with Crippen LogP contribution in [0, 0.1) is 0 Å². The summed E-state index contributed by atoms with van der Waals surface area (Å²) in [6.45, 7) is 4.28. The second-order valence-corrected chi connectivity index (χ2v) is 4.67. The molecule has 0 amide bonds. The maximum Gasteiger partial charge on any atom is 0.112 e. The van der Waals surface area contributed by atoms with Gasteiger partial charge in [0.15, 0.2) is 0 Å². The van der Waals surface area contributed by atoms with Crippen molar-refractivity contribution in [3.63, 3.8) is 0 Å². The van der Waals surface area contributed by atoms with Crippen molar-refractivity contribution in [2.24, 2.45) is 0 Å². The summed E-state index contributed by atoms with van der Waals surface area (Å²) in [4.78, 5) is 0. The molecule has 0 radical (unpaired) electrons. The van der Waals surface area contributed by atoms with Crippen LogP contribution in [0.15, 0.2) is 42.5 Å². The SMILES string of the molecule is CC1(C)OC1c1cccc2ccccc12. The summed E-state index contributed by atoms with van der Waals surface area (Å²) >= 11 is 0. The monoisotopic (exact) mass is 198 g/mol. The van der Waals surface area contributed by atoms with Gasteiger partial charge in [0.1, 0.15) is 6.10 Å². The highest BCUT2D eigenvalue weighted by Crippen LogP contribution is 2.50. The van der Waals surface area contributed by atoms with E-state index >= 15 is 0 Å². The highest BCUT2D eigenvalue weighted by atomic mass is 16.6. The molecule has 1 nitrogen and oxygen atoms in total. The third kappa shape index (κ3) is 1.35. The minimum atomic E-state index is 0.0180. The molecule has 3 rings (SSSR count). The van der Waals surface area contributed by atoms with E-state index in [2.05, 4.69) is 56.3 Å². The lowest BCUT2D eigenvalue weighted by Gasteiger charge is -2.04. The minimum Gasteiger partial charge on any atom is -0.362 e. The zero-order valence-electron chi connectivity index (χ0n) is 9.03. The van der Waals surface area contributed by atoms with Gasteiger partial charge in [0, 0.05) is 0 Å². The Bertz CT molecular complexity index is 508. The Morgan fingerprint density at radius 3 is 2.40 bits per heavy atom. The van der Waals surface area contributed by atoms with Gasteiger partial charge in [-0.05, 0) is 30.2 Å². The third-order valence-electron chi connectivity index (χ3n) is 3.10. The van der Waals surface area contributed by atoms with Crippen molar-refractivity contribution < 1.29 is 4.74 Å². The van der Waals surface area contributed by atoms with Gasteiger partial charge in [-0.25, -0.2) is 0 Å². The summed E-state index contributed by atoms with van der Waals surface area (Å²) < 4.78 is 5.70. The molecule has 1 aliphatic heterocycles. The molecule has 15 heavy (non-hydrogen) atoms. The van der Waals surface area contributed by atoms with Crippen LogP contribution in [0.4, 0.5) is 0 Å². The summed E-state index contributed by atoms with van der Waals surface area (Å²) in [7, 11) is 0. The van der Waals surface area contributed by atoms with Crippen molar-refractivity contribution in [3.05, 3.63) is 48.0 Å². The van der Waals surface area contributed by atoms with E-state index in [9.17, 15) is 0 Å². The average molecular weight is 198 g/mol. The van der Waals surface area contributed by atoms with E-state index in [1.165, 1.54) is 16.3 Å². The molecule has 1 heteroatoms. The summed E-state index contributed by atoms with van der Waals surface area (Å²) in [5, 5.41) is 2.61. The molecule has 0 saturated carbocycles. The second kappa shape index (κ2) is 2.83. The first-order valence-corrected chi connectivity index (χ1v) is 5.34. The van der Waals surface area contributed by atoms with E-state index < -0.39 is 0 Å². The molecule has 0 bridgehead atoms. The van der Waals surface area contributed by atoms with Crippen LogP contribution in [0.25, 0.3) is 10.8 Å². The summed E-state index contributed by atoms with van der Waals surface area (Å²) in [5.41, 5.74) is 1.34. The van der Waals surface area contributed by atoms with Gasteiger partial charge in [0.2, 0.25) is 0 Å². The number of benzene rings is 2. The Kier molecular flexibility index (Phi) is 1.68. The number of rotatable bonds is 1. The fourth-order valence-electron chi connectivity index (χ4n) is 2.19. The fourth-order valence-corrected chi connectivity index (χ4v) is 2.19. The fraction of sp³-hybridized carbons (Fsp3) is 0.286. The molecule has 1 fully saturated rings.